The van der Waals surface area contributed by atoms with Gasteiger partial charge < -0.3 is 10.2 Å². The van der Waals surface area contributed by atoms with Crippen molar-refractivity contribution in [1.82, 2.24) is 4.90 Å². The summed E-state index contributed by atoms with van der Waals surface area (Å²) in [4.78, 5) is 13.4. The van der Waals surface area contributed by atoms with Crippen LogP contribution in [0.25, 0.3) is 0 Å². The largest absolute Gasteiger partial charge is 0.325 e. The fraction of sp³-hybridized carbons (Fsp3) is 0.308. The van der Waals surface area contributed by atoms with E-state index in [9.17, 15) is 4.79 Å². The summed E-state index contributed by atoms with van der Waals surface area (Å²) in [5.74, 6) is 2.53. The van der Waals surface area contributed by atoms with E-state index in [4.69, 9.17) is 6.42 Å². The number of carbonyl (C=O) groups is 1. The summed E-state index contributed by atoms with van der Waals surface area (Å²) < 4.78 is 0. The van der Waals surface area contributed by atoms with Gasteiger partial charge in [0.2, 0.25) is 0 Å². The van der Waals surface area contributed by atoms with Crippen molar-refractivity contribution in [3.63, 3.8) is 0 Å². The fourth-order valence-electron chi connectivity index (χ4n) is 1.40. The van der Waals surface area contributed by atoms with Gasteiger partial charge in [0.15, 0.2) is 0 Å². The Balaban J connectivity index is 2.73. The second-order valence-electron chi connectivity index (χ2n) is 3.33. The highest BCUT2D eigenvalue weighted by Gasteiger charge is 2.08. The second kappa shape index (κ2) is 5.82. The number of rotatable bonds is 3. The summed E-state index contributed by atoms with van der Waals surface area (Å²) >= 11 is 0. The molecule has 0 aliphatic rings. The summed E-state index contributed by atoms with van der Waals surface area (Å²) in [7, 11) is 0. The first-order valence-corrected chi connectivity index (χ1v) is 5.33. The smallest absolute Gasteiger partial charge is 0.321 e. The zero-order valence-corrected chi connectivity index (χ0v) is 9.66. The first-order valence-electron chi connectivity index (χ1n) is 5.33. The van der Waals surface area contributed by atoms with Crippen molar-refractivity contribution in [1.29, 1.82) is 0 Å². The van der Waals surface area contributed by atoms with Gasteiger partial charge in [-0.3, -0.25) is 0 Å². The topological polar surface area (TPSA) is 32.3 Å². The number of carbonyl (C=O) groups excluding carboxylic acids is 1. The minimum Gasteiger partial charge on any atom is -0.325 e. The third-order valence-corrected chi connectivity index (χ3v) is 2.33. The summed E-state index contributed by atoms with van der Waals surface area (Å²) in [6.07, 6.45) is 5.29. The first-order chi connectivity index (χ1) is 7.71. The monoisotopic (exact) mass is 216 g/mol. The molecule has 1 rings (SSSR count). The molecule has 0 spiro atoms. The van der Waals surface area contributed by atoms with Crippen molar-refractivity contribution < 1.29 is 4.79 Å². The Morgan fingerprint density at radius 2 is 2.12 bits per heavy atom. The molecule has 0 saturated heterocycles. The van der Waals surface area contributed by atoms with Crippen molar-refractivity contribution in [2.45, 2.75) is 13.8 Å². The Hall–Kier alpha value is -1.95. The van der Waals surface area contributed by atoms with Crippen LogP contribution in [0.2, 0.25) is 0 Å². The molecule has 0 fully saturated rings. The lowest BCUT2D eigenvalue weighted by Crippen LogP contribution is -2.34. The number of nitrogens with one attached hydrogen (secondary N) is 1. The number of amides is 2. The molecule has 3 heteroatoms. The quantitative estimate of drug-likeness (QED) is 0.774. The van der Waals surface area contributed by atoms with Gasteiger partial charge >= 0.3 is 6.03 Å². The van der Waals surface area contributed by atoms with Crippen LogP contribution in [0.4, 0.5) is 10.5 Å². The van der Waals surface area contributed by atoms with E-state index in [1.165, 1.54) is 0 Å². The first kappa shape index (κ1) is 12.1. The third-order valence-electron chi connectivity index (χ3n) is 2.33. The molecule has 3 nitrogen and oxygen atoms in total. The maximum Gasteiger partial charge on any atom is 0.321 e. The van der Waals surface area contributed by atoms with E-state index >= 15 is 0 Å². The molecule has 0 bridgehead atoms. The van der Waals surface area contributed by atoms with Crippen LogP contribution in [0.3, 0.4) is 0 Å². The summed E-state index contributed by atoms with van der Waals surface area (Å²) in [5.41, 5.74) is 1.49. The standard InChI is InChI=1S/C13H16N2O/c1-4-11-8-7-9-12(10-11)14-13(16)15(5-2)6-3/h1,7-10H,5-6H2,2-3H3,(H,14,16). The minimum absolute atomic E-state index is 0.0980. The molecule has 0 unspecified atom stereocenters. The lowest BCUT2D eigenvalue weighted by molar-refractivity contribution is 0.217. The van der Waals surface area contributed by atoms with E-state index in [2.05, 4.69) is 11.2 Å². The average molecular weight is 216 g/mol. The van der Waals surface area contributed by atoms with Crippen LogP contribution in [0.1, 0.15) is 19.4 Å². The molecule has 84 valence electrons. The van der Waals surface area contributed by atoms with Gasteiger partial charge in [0.1, 0.15) is 0 Å². The van der Waals surface area contributed by atoms with Gasteiger partial charge in [0.05, 0.1) is 0 Å². The Labute approximate surface area is 96.5 Å². The van der Waals surface area contributed by atoms with Crippen LogP contribution >= 0.6 is 0 Å². The molecule has 0 aliphatic heterocycles. The van der Waals surface area contributed by atoms with Crippen LogP contribution < -0.4 is 5.32 Å². The Morgan fingerprint density at radius 3 is 2.69 bits per heavy atom. The van der Waals surface area contributed by atoms with Gasteiger partial charge in [-0.1, -0.05) is 12.0 Å². The van der Waals surface area contributed by atoms with E-state index in [0.717, 1.165) is 11.3 Å². The number of urea groups is 1. The summed E-state index contributed by atoms with van der Waals surface area (Å²) in [5, 5.41) is 2.81. The molecular formula is C13H16N2O. The lowest BCUT2D eigenvalue weighted by Gasteiger charge is -2.19. The number of benzene rings is 1. The van der Waals surface area contributed by atoms with Gasteiger partial charge in [0.25, 0.3) is 0 Å². The van der Waals surface area contributed by atoms with Gasteiger partial charge in [-0.15, -0.1) is 6.42 Å². The third kappa shape index (κ3) is 3.03. The minimum atomic E-state index is -0.0980. The number of terminal acetylenes is 1. The zero-order valence-electron chi connectivity index (χ0n) is 9.66. The predicted molar refractivity (Wildman–Crippen MR) is 66.3 cm³/mol. The van der Waals surface area contributed by atoms with Crippen molar-refractivity contribution in [3.05, 3.63) is 29.8 Å². The predicted octanol–water partition coefficient (Wildman–Crippen LogP) is 2.54. The molecule has 1 aromatic carbocycles. The van der Waals surface area contributed by atoms with E-state index in [1.807, 2.05) is 32.0 Å². The van der Waals surface area contributed by atoms with Crippen molar-refractivity contribution in [3.8, 4) is 12.3 Å². The molecule has 2 amide bonds. The molecule has 1 aromatic rings. The van der Waals surface area contributed by atoms with Crippen LogP contribution in [-0.4, -0.2) is 24.0 Å². The van der Waals surface area contributed by atoms with Crippen LogP contribution in [0, 0.1) is 12.3 Å². The maximum atomic E-state index is 11.7. The average Bonchev–Trinajstić information content (AvgIpc) is 2.31. The number of nitrogens with zero attached hydrogens (tertiary/aromatic N) is 1. The van der Waals surface area contributed by atoms with Gasteiger partial charge in [0, 0.05) is 24.3 Å². The normalized spacial score (nSPS) is 9.31. The van der Waals surface area contributed by atoms with E-state index in [0.29, 0.717) is 13.1 Å². The second-order valence-corrected chi connectivity index (χ2v) is 3.33. The number of anilines is 1. The van der Waals surface area contributed by atoms with E-state index in [-0.39, 0.29) is 6.03 Å². The molecular weight excluding hydrogens is 200 g/mol. The van der Waals surface area contributed by atoms with Gasteiger partial charge in [-0.05, 0) is 32.0 Å². The highest BCUT2D eigenvalue weighted by molar-refractivity contribution is 5.89. The van der Waals surface area contributed by atoms with Crippen LogP contribution in [0.15, 0.2) is 24.3 Å². The molecule has 16 heavy (non-hydrogen) atoms. The van der Waals surface area contributed by atoms with Crippen LogP contribution in [0.5, 0.6) is 0 Å². The highest BCUT2D eigenvalue weighted by Crippen LogP contribution is 2.10. The van der Waals surface area contributed by atoms with E-state index < -0.39 is 0 Å². The SMILES string of the molecule is C#Cc1cccc(NC(=O)N(CC)CC)c1. The molecule has 0 aromatic heterocycles. The molecule has 0 atom stereocenters. The Morgan fingerprint density at radius 1 is 1.44 bits per heavy atom. The van der Waals surface area contributed by atoms with Crippen molar-refractivity contribution in [2.75, 3.05) is 18.4 Å². The number of hydrogen-bond acceptors (Lipinski definition) is 1. The Kier molecular flexibility index (Phi) is 4.41. The molecule has 0 saturated carbocycles. The fourth-order valence-corrected chi connectivity index (χ4v) is 1.40. The van der Waals surface area contributed by atoms with Gasteiger partial charge in [-0.2, -0.15) is 0 Å². The molecule has 0 radical (unpaired) electrons. The summed E-state index contributed by atoms with van der Waals surface area (Å²) in [6.45, 7) is 5.27. The highest BCUT2D eigenvalue weighted by atomic mass is 16.2. The maximum absolute atomic E-state index is 11.7. The van der Waals surface area contributed by atoms with Crippen LogP contribution in [-0.2, 0) is 0 Å². The Bertz CT molecular complexity index is 403. The molecule has 0 aliphatic carbocycles. The van der Waals surface area contributed by atoms with Crippen molar-refractivity contribution >= 4 is 11.7 Å². The van der Waals surface area contributed by atoms with E-state index in [1.54, 1.807) is 11.0 Å². The van der Waals surface area contributed by atoms with Crippen molar-refractivity contribution in [2.24, 2.45) is 0 Å². The molecule has 0 heterocycles. The summed E-state index contributed by atoms with van der Waals surface area (Å²) in [6, 6.07) is 7.16. The van der Waals surface area contributed by atoms with Gasteiger partial charge in [-0.25, -0.2) is 4.79 Å². The number of hydrogen-bond donors (Lipinski definition) is 1. The lowest BCUT2D eigenvalue weighted by atomic mass is 10.2. The zero-order chi connectivity index (χ0) is 12.0. The molecule has 1 N–H and O–H groups in total.